The number of nitro groups is 1. The molecule has 3 rings (SSSR count). The monoisotopic (exact) mass is 340 g/mol. The molecule has 1 amide bonds. The van der Waals surface area contributed by atoms with Gasteiger partial charge in [0, 0.05) is 31.1 Å². The molecule has 0 bridgehead atoms. The van der Waals surface area contributed by atoms with Crippen LogP contribution in [-0.4, -0.2) is 41.4 Å². The second kappa shape index (κ2) is 7.31. The molecule has 0 aliphatic carbocycles. The number of amides is 1. The van der Waals surface area contributed by atoms with E-state index in [1.165, 1.54) is 6.07 Å². The zero-order valence-corrected chi connectivity index (χ0v) is 13.7. The van der Waals surface area contributed by atoms with Gasteiger partial charge in [-0.2, -0.15) is 0 Å². The van der Waals surface area contributed by atoms with E-state index in [4.69, 9.17) is 5.73 Å². The number of hydrogen-bond donors (Lipinski definition) is 2. The maximum absolute atomic E-state index is 12.5. The van der Waals surface area contributed by atoms with E-state index in [2.05, 4.69) is 5.32 Å². The van der Waals surface area contributed by atoms with Crippen LogP contribution < -0.4 is 11.1 Å². The summed E-state index contributed by atoms with van der Waals surface area (Å²) in [6.45, 7) is 1.04. The first-order valence-corrected chi connectivity index (χ1v) is 8.12. The minimum Gasteiger partial charge on any atom is -0.371 e. The van der Waals surface area contributed by atoms with Gasteiger partial charge in [-0.25, -0.2) is 0 Å². The first-order chi connectivity index (χ1) is 12.1. The van der Waals surface area contributed by atoms with Crippen LogP contribution in [0.1, 0.15) is 11.5 Å². The van der Waals surface area contributed by atoms with E-state index in [0.29, 0.717) is 18.8 Å². The Morgan fingerprint density at radius 3 is 2.56 bits per heavy atom. The number of nitrogens with two attached hydrogens (primary N) is 1. The molecule has 0 saturated carbocycles. The number of anilines is 1. The zero-order valence-electron chi connectivity index (χ0n) is 13.7. The minimum atomic E-state index is -0.468. The Hall–Kier alpha value is -2.93. The van der Waals surface area contributed by atoms with Crippen LogP contribution in [0.2, 0.25) is 0 Å². The summed E-state index contributed by atoms with van der Waals surface area (Å²) in [7, 11) is 0. The van der Waals surface area contributed by atoms with Gasteiger partial charge in [-0.3, -0.25) is 14.9 Å². The predicted octanol–water partition coefficient (Wildman–Crippen LogP) is 1.96. The van der Waals surface area contributed by atoms with Crippen LogP contribution in [0.5, 0.6) is 0 Å². The lowest BCUT2D eigenvalue weighted by molar-refractivity contribution is -0.383. The van der Waals surface area contributed by atoms with E-state index in [1.807, 2.05) is 30.3 Å². The highest BCUT2D eigenvalue weighted by molar-refractivity contribution is 5.82. The van der Waals surface area contributed by atoms with Gasteiger partial charge in [-0.15, -0.1) is 0 Å². The second-order valence-corrected chi connectivity index (χ2v) is 6.11. The Bertz CT molecular complexity index is 766. The molecule has 7 heteroatoms. The smallest absolute Gasteiger partial charge is 0.292 e. The van der Waals surface area contributed by atoms with Crippen LogP contribution in [0, 0.1) is 10.1 Å². The number of benzene rings is 2. The molecule has 7 nitrogen and oxygen atoms in total. The van der Waals surface area contributed by atoms with Crippen LogP contribution in [-0.2, 0) is 4.79 Å². The highest BCUT2D eigenvalue weighted by atomic mass is 16.6. The molecule has 3 N–H and O–H groups in total. The summed E-state index contributed by atoms with van der Waals surface area (Å²) < 4.78 is 0. The lowest BCUT2D eigenvalue weighted by Gasteiger charge is -2.17. The number of carbonyl (C=O) groups is 1. The summed E-state index contributed by atoms with van der Waals surface area (Å²) in [6.07, 6.45) is 0. The van der Waals surface area contributed by atoms with Crippen LogP contribution in [0.15, 0.2) is 54.6 Å². The molecule has 1 saturated heterocycles. The number of para-hydroxylation sites is 2. The first kappa shape index (κ1) is 16.9. The molecular weight excluding hydrogens is 320 g/mol. The fourth-order valence-electron chi connectivity index (χ4n) is 3.15. The van der Waals surface area contributed by atoms with Crippen LogP contribution in [0.4, 0.5) is 11.4 Å². The van der Waals surface area contributed by atoms with Crippen molar-refractivity contribution in [3.8, 4) is 0 Å². The minimum absolute atomic E-state index is 0.000910. The molecule has 2 aromatic rings. The van der Waals surface area contributed by atoms with Crippen molar-refractivity contribution in [2.75, 3.05) is 25.0 Å². The topological polar surface area (TPSA) is 102 Å². The van der Waals surface area contributed by atoms with E-state index in [0.717, 1.165) is 5.56 Å². The summed E-state index contributed by atoms with van der Waals surface area (Å²) in [4.78, 5) is 24.7. The molecule has 130 valence electrons. The van der Waals surface area contributed by atoms with E-state index >= 15 is 0 Å². The van der Waals surface area contributed by atoms with Gasteiger partial charge >= 0.3 is 0 Å². The van der Waals surface area contributed by atoms with Gasteiger partial charge in [0.25, 0.3) is 5.69 Å². The van der Waals surface area contributed by atoms with Gasteiger partial charge in [0.1, 0.15) is 5.69 Å². The van der Waals surface area contributed by atoms with Gasteiger partial charge in [0.05, 0.1) is 11.5 Å². The Labute approximate surface area is 145 Å². The highest BCUT2D eigenvalue weighted by Gasteiger charge is 2.33. The molecular formula is C18H20N4O3. The number of nitrogens with zero attached hydrogens (tertiary/aromatic N) is 2. The summed E-state index contributed by atoms with van der Waals surface area (Å²) in [6, 6.07) is 16.1. The molecule has 25 heavy (non-hydrogen) atoms. The normalized spacial score (nSPS) is 19.6. The zero-order chi connectivity index (χ0) is 17.8. The van der Waals surface area contributed by atoms with Gasteiger partial charge in [0.15, 0.2) is 0 Å². The van der Waals surface area contributed by atoms with Crippen molar-refractivity contribution in [3.05, 3.63) is 70.3 Å². The maximum Gasteiger partial charge on any atom is 0.292 e. The Balaban J connectivity index is 1.62. The number of nitrogens with one attached hydrogen (secondary N) is 1. The second-order valence-electron chi connectivity index (χ2n) is 6.11. The van der Waals surface area contributed by atoms with Gasteiger partial charge in [0.2, 0.25) is 5.91 Å². The quantitative estimate of drug-likeness (QED) is 0.640. The van der Waals surface area contributed by atoms with Gasteiger partial charge < -0.3 is 16.0 Å². The van der Waals surface area contributed by atoms with Crippen molar-refractivity contribution in [1.82, 2.24) is 4.90 Å². The summed E-state index contributed by atoms with van der Waals surface area (Å²) in [5.41, 5.74) is 7.62. The molecule has 0 radical (unpaired) electrons. The molecule has 1 aliphatic heterocycles. The third-order valence-electron chi connectivity index (χ3n) is 4.48. The number of nitro benzene ring substituents is 1. The Morgan fingerprint density at radius 2 is 1.84 bits per heavy atom. The van der Waals surface area contributed by atoms with Crippen LogP contribution >= 0.6 is 0 Å². The fraction of sp³-hybridized carbons (Fsp3) is 0.278. The van der Waals surface area contributed by atoms with Crippen molar-refractivity contribution in [3.63, 3.8) is 0 Å². The first-order valence-electron chi connectivity index (χ1n) is 8.12. The van der Waals surface area contributed by atoms with E-state index in [1.54, 1.807) is 23.1 Å². The third-order valence-corrected chi connectivity index (χ3v) is 4.48. The SMILES string of the molecule is N[C@@H]1CN(C(=O)CNc2ccccc2[N+](=O)[O-])C[C@H]1c1ccccc1. The van der Waals surface area contributed by atoms with Crippen molar-refractivity contribution >= 4 is 17.3 Å². The fourth-order valence-corrected chi connectivity index (χ4v) is 3.15. The molecule has 0 aromatic heterocycles. The molecule has 1 heterocycles. The van der Waals surface area contributed by atoms with Gasteiger partial charge in [-0.05, 0) is 11.6 Å². The largest absolute Gasteiger partial charge is 0.371 e. The van der Waals surface area contributed by atoms with E-state index in [9.17, 15) is 14.9 Å². The van der Waals surface area contributed by atoms with Gasteiger partial charge in [-0.1, -0.05) is 42.5 Å². The molecule has 1 fully saturated rings. The number of rotatable bonds is 5. The Morgan fingerprint density at radius 1 is 1.16 bits per heavy atom. The summed E-state index contributed by atoms with van der Waals surface area (Å²) >= 11 is 0. The number of hydrogen-bond acceptors (Lipinski definition) is 5. The van der Waals surface area contributed by atoms with Crippen molar-refractivity contribution in [1.29, 1.82) is 0 Å². The summed E-state index contributed by atoms with van der Waals surface area (Å²) in [5.74, 6) is -0.0109. The molecule has 1 aliphatic rings. The highest BCUT2D eigenvalue weighted by Crippen LogP contribution is 2.27. The predicted molar refractivity (Wildman–Crippen MR) is 95.3 cm³/mol. The number of carbonyl (C=O) groups excluding carboxylic acids is 1. The lowest BCUT2D eigenvalue weighted by Crippen LogP contribution is -2.35. The summed E-state index contributed by atoms with van der Waals surface area (Å²) in [5, 5.41) is 13.9. The Kier molecular flexibility index (Phi) is 4.95. The molecule has 2 atom stereocenters. The van der Waals surface area contributed by atoms with Crippen molar-refractivity contribution in [2.45, 2.75) is 12.0 Å². The van der Waals surface area contributed by atoms with Crippen LogP contribution in [0.25, 0.3) is 0 Å². The molecule has 0 unspecified atom stereocenters. The standard InChI is InChI=1S/C18H20N4O3/c19-15-12-21(11-14(15)13-6-2-1-3-7-13)18(23)10-20-16-8-4-5-9-17(16)22(24)25/h1-9,14-15,20H,10-12,19H2/t14-,15+/m0/s1. The van der Waals surface area contributed by atoms with Crippen molar-refractivity contribution in [2.24, 2.45) is 5.73 Å². The third kappa shape index (κ3) is 3.77. The van der Waals surface area contributed by atoms with E-state index in [-0.39, 0.29) is 30.1 Å². The molecule has 2 aromatic carbocycles. The molecule has 0 spiro atoms. The van der Waals surface area contributed by atoms with Crippen molar-refractivity contribution < 1.29 is 9.72 Å². The average molecular weight is 340 g/mol. The number of likely N-dealkylation sites (tertiary alicyclic amines) is 1. The van der Waals surface area contributed by atoms with E-state index < -0.39 is 4.92 Å². The maximum atomic E-state index is 12.5. The average Bonchev–Trinajstić information content (AvgIpc) is 3.02. The lowest BCUT2D eigenvalue weighted by atomic mass is 9.95. The van der Waals surface area contributed by atoms with Crippen LogP contribution in [0.3, 0.4) is 0 Å².